The Labute approximate surface area is 130 Å². The maximum Gasteiger partial charge on any atom is 0.0945 e. The number of nitrogens with two attached hydrogens (primary N) is 1. The van der Waals surface area contributed by atoms with Gasteiger partial charge in [0.15, 0.2) is 0 Å². The lowest BCUT2D eigenvalue weighted by Crippen LogP contribution is -2.02. The van der Waals surface area contributed by atoms with E-state index in [2.05, 4.69) is 41.3 Å². The first-order valence-electron chi connectivity index (χ1n) is 7.39. The second kappa shape index (κ2) is 5.73. The fourth-order valence-electron chi connectivity index (χ4n) is 2.59. The largest absolute Gasteiger partial charge is 0.326 e. The molecule has 0 unspecified atom stereocenters. The van der Waals surface area contributed by atoms with E-state index in [-0.39, 0.29) is 0 Å². The summed E-state index contributed by atoms with van der Waals surface area (Å²) in [6.45, 7) is 6.62. The summed E-state index contributed by atoms with van der Waals surface area (Å²) >= 11 is 0. The van der Waals surface area contributed by atoms with Crippen LogP contribution >= 0.6 is 0 Å². The summed E-state index contributed by atoms with van der Waals surface area (Å²) in [7, 11) is 0. The smallest absolute Gasteiger partial charge is 0.0945 e. The van der Waals surface area contributed by atoms with Crippen LogP contribution in [0.15, 0.2) is 42.6 Å². The van der Waals surface area contributed by atoms with E-state index in [4.69, 9.17) is 5.73 Å². The second-order valence-electron chi connectivity index (χ2n) is 5.55. The van der Waals surface area contributed by atoms with Crippen LogP contribution in [0, 0.1) is 20.8 Å². The number of hydrogen-bond donors (Lipinski definition) is 1. The van der Waals surface area contributed by atoms with Crippen LogP contribution in [0.5, 0.6) is 0 Å². The van der Waals surface area contributed by atoms with Gasteiger partial charge in [0.25, 0.3) is 0 Å². The molecule has 2 N–H and O–H groups in total. The van der Waals surface area contributed by atoms with E-state index >= 15 is 0 Å². The molecule has 3 rings (SSSR count). The van der Waals surface area contributed by atoms with Gasteiger partial charge in [-0.3, -0.25) is 4.98 Å². The maximum atomic E-state index is 5.79. The van der Waals surface area contributed by atoms with Crippen LogP contribution in [-0.4, -0.2) is 14.8 Å². The summed E-state index contributed by atoms with van der Waals surface area (Å²) in [6.07, 6.45) is 1.97. The molecular weight excluding hydrogens is 272 g/mol. The van der Waals surface area contributed by atoms with Gasteiger partial charge in [-0.2, -0.15) is 5.10 Å². The Hall–Kier alpha value is -2.46. The molecule has 2 heterocycles. The number of benzene rings is 1. The standard InChI is InChI=1S/C18H20N4/c1-12-4-6-16(10-15(12)11-19)22-9-8-18(21-22)17-7-5-13(2)20-14(17)3/h4-10H,11,19H2,1-3H3. The van der Waals surface area contributed by atoms with Crippen molar-refractivity contribution in [3.8, 4) is 16.9 Å². The van der Waals surface area contributed by atoms with Crippen molar-refractivity contribution in [2.75, 3.05) is 0 Å². The van der Waals surface area contributed by atoms with Gasteiger partial charge in [0, 0.05) is 29.7 Å². The highest BCUT2D eigenvalue weighted by Gasteiger charge is 2.08. The monoisotopic (exact) mass is 292 g/mol. The van der Waals surface area contributed by atoms with Gasteiger partial charge in [-0.25, -0.2) is 4.68 Å². The van der Waals surface area contributed by atoms with Crippen LogP contribution < -0.4 is 5.73 Å². The fraction of sp³-hybridized carbons (Fsp3) is 0.222. The number of aromatic nitrogens is 3. The average Bonchev–Trinajstić information content (AvgIpc) is 2.97. The van der Waals surface area contributed by atoms with Gasteiger partial charge in [0.05, 0.1) is 11.4 Å². The van der Waals surface area contributed by atoms with E-state index in [9.17, 15) is 0 Å². The predicted octanol–water partition coefficient (Wildman–Crippen LogP) is 3.32. The molecule has 0 atom stereocenters. The lowest BCUT2D eigenvalue weighted by atomic mass is 10.1. The van der Waals surface area contributed by atoms with Crippen molar-refractivity contribution >= 4 is 0 Å². The van der Waals surface area contributed by atoms with Crippen molar-refractivity contribution in [1.29, 1.82) is 0 Å². The summed E-state index contributed by atoms with van der Waals surface area (Å²) in [4.78, 5) is 4.51. The van der Waals surface area contributed by atoms with E-state index in [1.54, 1.807) is 0 Å². The van der Waals surface area contributed by atoms with Crippen molar-refractivity contribution in [2.45, 2.75) is 27.3 Å². The Morgan fingerprint density at radius 2 is 1.86 bits per heavy atom. The topological polar surface area (TPSA) is 56.7 Å². The molecule has 112 valence electrons. The fourth-order valence-corrected chi connectivity index (χ4v) is 2.59. The number of pyridine rings is 1. The van der Waals surface area contributed by atoms with Gasteiger partial charge < -0.3 is 5.73 Å². The number of nitrogens with zero attached hydrogens (tertiary/aromatic N) is 3. The number of hydrogen-bond acceptors (Lipinski definition) is 3. The molecule has 0 amide bonds. The summed E-state index contributed by atoms with van der Waals surface area (Å²) in [5.74, 6) is 0. The molecule has 4 nitrogen and oxygen atoms in total. The molecule has 3 aromatic rings. The molecule has 1 aromatic carbocycles. The van der Waals surface area contributed by atoms with E-state index in [0.717, 1.165) is 33.9 Å². The molecule has 2 aromatic heterocycles. The summed E-state index contributed by atoms with van der Waals surface area (Å²) in [5.41, 5.74) is 13.2. The number of rotatable bonds is 3. The molecule has 0 saturated carbocycles. The van der Waals surface area contributed by atoms with Gasteiger partial charge in [-0.1, -0.05) is 6.07 Å². The summed E-state index contributed by atoms with van der Waals surface area (Å²) in [6, 6.07) is 12.3. The Balaban J connectivity index is 2.00. The summed E-state index contributed by atoms with van der Waals surface area (Å²) in [5, 5.41) is 4.68. The molecule has 0 spiro atoms. The van der Waals surface area contributed by atoms with E-state index in [1.165, 1.54) is 5.56 Å². The van der Waals surface area contributed by atoms with Gasteiger partial charge >= 0.3 is 0 Å². The van der Waals surface area contributed by atoms with Crippen molar-refractivity contribution in [1.82, 2.24) is 14.8 Å². The minimum atomic E-state index is 0.536. The van der Waals surface area contributed by atoms with Gasteiger partial charge in [-0.15, -0.1) is 0 Å². The van der Waals surface area contributed by atoms with Crippen LogP contribution in [0.2, 0.25) is 0 Å². The van der Waals surface area contributed by atoms with E-state index in [0.29, 0.717) is 6.54 Å². The molecule has 0 radical (unpaired) electrons. The first kappa shape index (κ1) is 14.5. The van der Waals surface area contributed by atoms with Crippen LogP contribution in [0.4, 0.5) is 0 Å². The van der Waals surface area contributed by atoms with Crippen LogP contribution in [0.3, 0.4) is 0 Å². The third kappa shape index (κ3) is 2.65. The van der Waals surface area contributed by atoms with Gasteiger partial charge in [0.2, 0.25) is 0 Å². The molecule has 0 aliphatic carbocycles. The molecule has 0 saturated heterocycles. The third-order valence-electron chi connectivity index (χ3n) is 3.91. The first-order chi connectivity index (χ1) is 10.6. The molecular formula is C18H20N4. The van der Waals surface area contributed by atoms with Crippen LogP contribution in [0.1, 0.15) is 22.5 Å². The van der Waals surface area contributed by atoms with Gasteiger partial charge in [-0.05, 0) is 62.2 Å². The SMILES string of the molecule is Cc1ccc(-c2ccn(-c3ccc(C)c(CN)c3)n2)c(C)n1. The molecule has 0 fully saturated rings. The zero-order chi connectivity index (χ0) is 15.7. The quantitative estimate of drug-likeness (QED) is 0.805. The van der Waals surface area contributed by atoms with Crippen LogP contribution in [-0.2, 0) is 6.54 Å². The van der Waals surface area contributed by atoms with E-state index in [1.807, 2.05) is 36.9 Å². The van der Waals surface area contributed by atoms with Crippen molar-refractivity contribution < 1.29 is 0 Å². The zero-order valence-corrected chi connectivity index (χ0v) is 13.2. The average molecular weight is 292 g/mol. The Kier molecular flexibility index (Phi) is 3.77. The highest BCUT2D eigenvalue weighted by molar-refractivity contribution is 5.61. The van der Waals surface area contributed by atoms with Crippen molar-refractivity contribution in [2.24, 2.45) is 5.73 Å². The molecule has 0 aliphatic rings. The Morgan fingerprint density at radius 3 is 2.59 bits per heavy atom. The van der Waals surface area contributed by atoms with Gasteiger partial charge in [0.1, 0.15) is 0 Å². The molecule has 0 bridgehead atoms. The normalized spacial score (nSPS) is 10.9. The molecule has 0 aliphatic heterocycles. The van der Waals surface area contributed by atoms with Crippen molar-refractivity contribution in [3.63, 3.8) is 0 Å². The minimum Gasteiger partial charge on any atom is -0.326 e. The predicted molar refractivity (Wildman–Crippen MR) is 88.9 cm³/mol. The Bertz CT molecular complexity index is 818. The highest BCUT2D eigenvalue weighted by atomic mass is 15.3. The highest BCUT2D eigenvalue weighted by Crippen LogP contribution is 2.22. The molecule has 22 heavy (non-hydrogen) atoms. The second-order valence-corrected chi connectivity index (χ2v) is 5.55. The zero-order valence-electron chi connectivity index (χ0n) is 13.2. The third-order valence-corrected chi connectivity index (χ3v) is 3.91. The summed E-state index contributed by atoms with van der Waals surface area (Å²) < 4.78 is 1.88. The lowest BCUT2D eigenvalue weighted by molar-refractivity contribution is 0.877. The number of aryl methyl sites for hydroxylation is 3. The lowest BCUT2D eigenvalue weighted by Gasteiger charge is -2.07. The van der Waals surface area contributed by atoms with Crippen molar-refractivity contribution in [3.05, 3.63) is 65.1 Å². The Morgan fingerprint density at radius 1 is 1.05 bits per heavy atom. The van der Waals surface area contributed by atoms with E-state index < -0.39 is 0 Å². The first-order valence-corrected chi connectivity index (χ1v) is 7.39. The van der Waals surface area contributed by atoms with Crippen LogP contribution in [0.25, 0.3) is 16.9 Å². The minimum absolute atomic E-state index is 0.536. The maximum absolute atomic E-state index is 5.79. The molecule has 4 heteroatoms.